The highest BCUT2D eigenvalue weighted by molar-refractivity contribution is 5.22. The fourth-order valence-corrected chi connectivity index (χ4v) is 1.72. The summed E-state index contributed by atoms with van der Waals surface area (Å²) < 4.78 is 11.0. The predicted molar refractivity (Wildman–Crippen MR) is 75.9 cm³/mol. The second-order valence-electron chi connectivity index (χ2n) is 4.34. The molecular formula is C16H18O4. The van der Waals surface area contributed by atoms with Gasteiger partial charge in [0.05, 0.1) is 6.61 Å². The Kier molecular flexibility index (Phi) is 5.41. The molecule has 0 saturated heterocycles. The molecule has 0 aliphatic rings. The van der Waals surface area contributed by atoms with Crippen LogP contribution in [0.5, 0.6) is 11.5 Å². The first kappa shape index (κ1) is 14.4. The second-order valence-corrected chi connectivity index (χ2v) is 4.34. The van der Waals surface area contributed by atoms with E-state index in [1.807, 2.05) is 36.4 Å². The number of hydrogen-bond donors (Lipinski definition) is 2. The Balaban J connectivity index is 1.87. The molecule has 0 amide bonds. The van der Waals surface area contributed by atoms with Gasteiger partial charge in [0.1, 0.15) is 24.2 Å². The van der Waals surface area contributed by atoms with Gasteiger partial charge in [0.25, 0.3) is 0 Å². The lowest BCUT2D eigenvalue weighted by Gasteiger charge is -2.22. The van der Waals surface area contributed by atoms with E-state index in [4.69, 9.17) is 9.47 Å². The number of aliphatic hydroxyl groups excluding tert-OH is 2. The lowest BCUT2D eigenvalue weighted by Crippen LogP contribution is -2.39. The van der Waals surface area contributed by atoms with Gasteiger partial charge in [-0.15, -0.1) is 0 Å². The third kappa shape index (κ3) is 4.26. The molecule has 0 saturated carbocycles. The van der Waals surface area contributed by atoms with E-state index in [0.717, 1.165) is 0 Å². The van der Waals surface area contributed by atoms with E-state index in [-0.39, 0.29) is 13.2 Å². The van der Waals surface area contributed by atoms with Crippen molar-refractivity contribution in [3.8, 4) is 11.5 Å². The van der Waals surface area contributed by atoms with Crippen molar-refractivity contribution in [2.75, 3.05) is 13.2 Å². The van der Waals surface area contributed by atoms with E-state index in [1.54, 1.807) is 24.3 Å². The normalized spacial score (nSPS) is 13.5. The van der Waals surface area contributed by atoms with Gasteiger partial charge in [0, 0.05) is 0 Å². The SMILES string of the molecule is OCC(Oc1ccccc1)C(O)COc1ccccc1. The zero-order valence-corrected chi connectivity index (χ0v) is 11.1. The van der Waals surface area contributed by atoms with Crippen molar-refractivity contribution in [2.24, 2.45) is 0 Å². The molecule has 0 aliphatic carbocycles. The summed E-state index contributed by atoms with van der Waals surface area (Å²) in [5.74, 6) is 1.27. The van der Waals surface area contributed by atoms with Gasteiger partial charge >= 0.3 is 0 Å². The molecule has 2 atom stereocenters. The number of hydrogen-bond acceptors (Lipinski definition) is 4. The van der Waals surface area contributed by atoms with Gasteiger partial charge in [-0.05, 0) is 24.3 Å². The smallest absolute Gasteiger partial charge is 0.151 e. The first-order valence-corrected chi connectivity index (χ1v) is 6.48. The molecule has 0 fully saturated rings. The molecule has 2 aromatic rings. The van der Waals surface area contributed by atoms with Gasteiger partial charge < -0.3 is 19.7 Å². The molecule has 4 heteroatoms. The lowest BCUT2D eigenvalue weighted by molar-refractivity contribution is -0.0202. The quantitative estimate of drug-likeness (QED) is 0.809. The van der Waals surface area contributed by atoms with Crippen LogP contribution in [-0.2, 0) is 0 Å². The van der Waals surface area contributed by atoms with Crippen molar-refractivity contribution in [1.82, 2.24) is 0 Å². The van der Waals surface area contributed by atoms with Crippen molar-refractivity contribution < 1.29 is 19.7 Å². The molecule has 4 nitrogen and oxygen atoms in total. The van der Waals surface area contributed by atoms with Crippen molar-refractivity contribution in [3.05, 3.63) is 60.7 Å². The molecule has 20 heavy (non-hydrogen) atoms. The summed E-state index contributed by atoms with van der Waals surface area (Å²) >= 11 is 0. The Labute approximate surface area is 118 Å². The first-order valence-electron chi connectivity index (χ1n) is 6.48. The summed E-state index contributed by atoms with van der Waals surface area (Å²) in [4.78, 5) is 0. The van der Waals surface area contributed by atoms with Crippen LogP contribution in [0.1, 0.15) is 0 Å². The highest BCUT2D eigenvalue weighted by Gasteiger charge is 2.21. The highest BCUT2D eigenvalue weighted by atomic mass is 16.5. The molecule has 0 bridgehead atoms. The Bertz CT molecular complexity index is 486. The lowest BCUT2D eigenvalue weighted by atomic mass is 10.2. The van der Waals surface area contributed by atoms with Crippen LogP contribution in [0, 0.1) is 0 Å². The molecule has 2 aromatic carbocycles. The van der Waals surface area contributed by atoms with Crippen molar-refractivity contribution in [3.63, 3.8) is 0 Å². The van der Waals surface area contributed by atoms with Crippen LogP contribution in [0.25, 0.3) is 0 Å². The third-order valence-corrected chi connectivity index (χ3v) is 2.80. The monoisotopic (exact) mass is 274 g/mol. The molecule has 0 aliphatic heterocycles. The van der Waals surface area contributed by atoms with Crippen molar-refractivity contribution >= 4 is 0 Å². The van der Waals surface area contributed by atoms with Crippen molar-refractivity contribution in [1.29, 1.82) is 0 Å². The first-order chi connectivity index (χ1) is 9.79. The summed E-state index contributed by atoms with van der Waals surface area (Å²) in [5.41, 5.74) is 0. The number of aliphatic hydroxyl groups is 2. The highest BCUT2D eigenvalue weighted by Crippen LogP contribution is 2.14. The van der Waals surface area contributed by atoms with Crippen LogP contribution in [0.3, 0.4) is 0 Å². The summed E-state index contributed by atoms with van der Waals surface area (Å²) in [5, 5.41) is 19.3. The number of benzene rings is 2. The van der Waals surface area contributed by atoms with E-state index in [2.05, 4.69) is 0 Å². The fourth-order valence-electron chi connectivity index (χ4n) is 1.72. The summed E-state index contributed by atoms with van der Waals surface area (Å²) in [6.07, 6.45) is -1.64. The number of rotatable bonds is 7. The largest absolute Gasteiger partial charge is 0.491 e. The zero-order valence-electron chi connectivity index (χ0n) is 11.1. The maximum absolute atomic E-state index is 10.0. The van der Waals surface area contributed by atoms with Gasteiger partial charge in [-0.2, -0.15) is 0 Å². The number of para-hydroxylation sites is 2. The molecule has 106 valence electrons. The number of ether oxygens (including phenoxy) is 2. The maximum Gasteiger partial charge on any atom is 0.151 e. The van der Waals surface area contributed by atoms with Crippen molar-refractivity contribution in [2.45, 2.75) is 12.2 Å². The molecule has 0 aromatic heterocycles. The zero-order chi connectivity index (χ0) is 14.2. The average molecular weight is 274 g/mol. The minimum atomic E-state index is -0.916. The summed E-state index contributed by atoms with van der Waals surface area (Å²) in [6.45, 7) is -0.226. The third-order valence-electron chi connectivity index (χ3n) is 2.80. The van der Waals surface area contributed by atoms with E-state index in [9.17, 15) is 10.2 Å². The predicted octanol–water partition coefficient (Wildman–Crippen LogP) is 1.87. The Morgan fingerprint density at radius 3 is 1.95 bits per heavy atom. The van der Waals surface area contributed by atoms with E-state index >= 15 is 0 Å². The van der Waals surface area contributed by atoms with Crippen LogP contribution >= 0.6 is 0 Å². The maximum atomic E-state index is 10.0. The van der Waals surface area contributed by atoms with Crippen LogP contribution in [0.15, 0.2) is 60.7 Å². The van der Waals surface area contributed by atoms with Gasteiger partial charge in [-0.1, -0.05) is 36.4 Å². The van der Waals surface area contributed by atoms with Gasteiger partial charge in [0.15, 0.2) is 6.10 Å². The van der Waals surface area contributed by atoms with E-state index in [1.165, 1.54) is 0 Å². The topological polar surface area (TPSA) is 58.9 Å². The average Bonchev–Trinajstić information content (AvgIpc) is 2.52. The van der Waals surface area contributed by atoms with Crippen LogP contribution in [0.4, 0.5) is 0 Å². The summed E-state index contributed by atoms with van der Waals surface area (Å²) in [6, 6.07) is 18.3. The van der Waals surface area contributed by atoms with Gasteiger partial charge in [0.2, 0.25) is 0 Å². The Morgan fingerprint density at radius 1 is 0.850 bits per heavy atom. The molecule has 2 unspecified atom stereocenters. The molecule has 0 heterocycles. The van der Waals surface area contributed by atoms with E-state index in [0.29, 0.717) is 11.5 Å². The standard InChI is InChI=1S/C16H18O4/c17-11-16(20-14-9-5-2-6-10-14)15(18)12-19-13-7-3-1-4-8-13/h1-10,15-18H,11-12H2. The summed E-state index contributed by atoms with van der Waals surface area (Å²) in [7, 11) is 0. The minimum Gasteiger partial charge on any atom is -0.491 e. The van der Waals surface area contributed by atoms with Crippen LogP contribution in [-0.4, -0.2) is 35.6 Å². The fraction of sp³-hybridized carbons (Fsp3) is 0.250. The Morgan fingerprint density at radius 2 is 1.40 bits per heavy atom. The van der Waals surface area contributed by atoms with Gasteiger partial charge in [-0.3, -0.25) is 0 Å². The van der Waals surface area contributed by atoms with Gasteiger partial charge in [-0.25, -0.2) is 0 Å². The minimum absolute atomic E-state index is 0.0576. The molecule has 2 rings (SSSR count). The van der Waals surface area contributed by atoms with Crippen LogP contribution in [0.2, 0.25) is 0 Å². The second kappa shape index (κ2) is 7.53. The Hall–Kier alpha value is -2.04. The molecule has 2 N–H and O–H groups in total. The molecule has 0 radical (unpaired) electrons. The molecular weight excluding hydrogens is 256 g/mol. The van der Waals surface area contributed by atoms with Crippen LogP contribution < -0.4 is 9.47 Å². The van der Waals surface area contributed by atoms with E-state index < -0.39 is 12.2 Å². The molecule has 0 spiro atoms.